The van der Waals surface area contributed by atoms with Crippen molar-refractivity contribution in [2.24, 2.45) is 11.7 Å². The Bertz CT molecular complexity index is 1090. The Labute approximate surface area is 173 Å². The summed E-state index contributed by atoms with van der Waals surface area (Å²) >= 11 is 0. The topological polar surface area (TPSA) is 112 Å². The lowest BCUT2D eigenvalue weighted by molar-refractivity contribution is -0.384. The summed E-state index contributed by atoms with van der Waals surface area (Å²) in [6, 6.07) is 16.1. The number of ether oxygens (including phenoxy) is 1. The van der Waals surface area contributed by atoms with Crippen molar-refractivity contribution >= 4 is 28.3 Å². The van der Waals surface area contributed by atoms with Gasteiger partial charge in [0.1, 0.15) is 23.7 Å². The van der Waals surface area contributed by atoms with Crippen LogP contribution in [0.15, 0.2) is 54.6 Å². The summed E-state index contributed by atoms with van der Waals surface area (Å²) in [5.74, 6) is 1.14. The number of nitro benzene ring substituents is 1. The highest BCUT2D eigenvalue weighted by molar-refractivity contribution is 5.86. The number of fused-ring (bicyclic) bond motifs is 1. The number of benzene rings is 2. The maximum Gasteiger partial charge on any atom is 0.269 e. The van der Waals surface area contributed by atoms with E-state index in [0.29, 0.717) is 11.3 Å². The first-order valence-electron chi connectivity index (χ1n) is 9.81. The van der Waals surface area contributed by atoms with Gasteiger partial charge in [-0.2, -0.15) is 0 Å². The van der Waals surface area contributed by atoms with Crippen LogP contribution in [0.5, 0.6) is 5.75 Å². The predicted molar refractivity (Wildman–Crippen MR) is 113 cm³/mol. The fourth-order valence-corrected chi connectivity index (χ4v) is 3.72. The van der Waals surface area contributed by atoms with Gasteiger partial charge in [0.15, 0.2) is 0 Å². The summed E-state index contributed by atoms with van der Waals surface area (Å²) < 4.78 is 5.97. The van der Waals surface area contributed by atoms with Gasteiger partial charge < -0.3 is 15.4 Å². The van der Waals surface area contributed by atoms with Crippen molar-refractivity contribution in [2.75, 3.05) is 18.0 Å². The molecule has 2 heterocycles. The largest absolute Gasteiger partial charge is 0.487 e. The molecular formula is C22H22N4O4. The van der Waals surface area contributed by atoms with Crippen LogP contribution in [0, 0.1) is 16.0 Å². The SMILES string of the molecule is NC(=O)C1CCN(c2ccc3cccc(OCc4cccc([N+](=O)[O-])c4)c3n2)CC1. The third-order valence-electron chi connectivity index (χ3n) is 5.41. The zero-order chi connectivity index (χ0) is 21.1. The van der Waals surface area contributed by atoms with Crippen molar-refractivity contribution in [3.05, 3.63) is 70.3 Å². The van der Waals surface area contributed by atoms with Gasteiger partial charge in [0.25, 0.3) is 5.69 Å². The molecule has 2 N–H and O–H groups in total. The first-order valence-corrected chi connectivity index (χ1v) is 9.81. The first kappa shape index (κ1) is 19.6. The molecule has 1 fully saturated rings. The third kappa shape index (κ3) is 4.17. The van der Waals surface area contributed by atoms with E-state index < -0.39 is 4.92 Å². The van der Waals surface area contributed by atoms with E-state index in [-0.39, 0.29) is 24.1 Å². The van der Waals surface area contributed by atoms with Gasteiger partial charge in [-0.25, -0.2) is 4.98 Å². The third-order valence-corrected chi connectivity index (χ3v) is 5.41. The fourth-order valence-electron chi connectivity index (χ4n) is 3.72. The van der Waals surface area contributed by atoms with E-state index in [2.05, 4.69) is 4.90 Å². The molecule has 0 radical (unpaired) electrons. The quantitative estimate of drug-likeness (QED) is 0.496. The van der Waals surface area contributed by atoms with Crippen LogP contribution in [0.1, 0.15) is 18.4 Å². The second-order valence-electron chi connectivity index (χ2n) is 7.38. The number of para-hydroxylation sites is 1. The number of carbonyl (C=O) groups excluding carboxylic acids is 1. The lowest BCUT2D eigenvalue weighted by Gasteiger charge is -2.31. The monoisotopic (exact) mass is 406 g/mol. The van der Waals surface area contributed by atoms with Crippen molar-refractivity contribution in [3.63, 3.8) is 0 Å². The van der Waals surface area contributed by atoms with Crippen molar-refractivity contribution in [1.29, 1.82) is 0 Å². The van der Waals surface area contributed by atoms with Crippen LogP contribution in [0.4, 0.5) is 11.5 Å². The van der Waals surface area contributed by atoms with Crippen molar-refractivity contribution in [1.82, 2.24) is 4.98 Å². The molecule has 0 bridgehead atoms. The number of nitrogens with zero attached hydrogens (tertiary/aromatic N) is 3. The zero-order valence-corrected chi connectivity index (χ0v) is 16.4. The minimum absolute atomic E-state index is 0.0359. The van der Waals surface area contributed by atoms with E-state index in [0.717, 1.165) is 42.7 Å². The molecule has 1 saturated heterocycles. The molecule has 3 aromatic rings. The van der Waals surface area contributed by atoms with Crippen LogP contribution >= 0.6 is 0 Å². The van der Waals surface area contributed by atoms with Gasteiger partial charge in [0.05, 0.1) is 4.92 Å². The summed E-state index contributed by atoms with van der Waals surface area (Å²) in [7, 11) is 0. The Hall–Kier alpha value is -3.68. The molecule has 8 nitrogen and oxygen atoms in total. The molecule has 1 aliphatic heterocycles. The maximum absolute atomic E-state index is 11.4. The number of primary amides is 1. The molecular weight excluding hydrogens is 384 g/mol. The molecule has 2 aromatic carbocycles. The van der Waals surface area contributed by atoms with Crippen LogP contribution in [-0.4, -0.2) is 28.9 Å². The highest BCUT2D eigenvalue weighted by Crippen LogP contribution is 2.29. The summed E-state index contributed by atoms with van der Waals surface area (Å²) in [6.07, 6.45) is 1.44. The average molecular weight is 406 g/mol. The maximum atomic E-state index is 11.4. The Morgan fingerprint density at radius 3 is 2.67 bits per heavy atom. The number of pyridine rings is 1. The van der Waals surface area contributed by atoms with E-state index in [1.807, 2.05) is 30.3 Å². The number of non-ortho nitro benzene ring substituents is 1. The lowest BCUT2D eigenvalue weighted by atomic mass is 9.96. The Morgan fingerprint density at radius 2 is 1.93 bits per heavy atom. The van der Waals surface area contributed by atoms with Crippen LogP contribution < -0.4 is 15.4 Å². The van der Waals surface area contributed by atoms with Gasteiger partial charge in [-0.05, 0) is 36.6 Å². The standard InChI is InChI=1S/C22H22N4O4/c23-22(27)17-9-11-25(12-10-17)20-8-7-16-4-2-6-19(21(16)24-20)30-14-15-3-1-5-18(13-15)26(28)29/h1-8,13,17H,9-12,14H2,(H2,23,27). The van der Waals surface area contributed by atoms with Gasteiger partial charge in [0.2, 0.25) is 5.91 Å². The first-order chi connectivity index (χ1) is 14.5. The molecule has 4 rings (SSSR count). The molecule has 30 heavy (non-hydrogen) atoms. The second-order valence-corrected chi connectivity index (χ2v) is 7.38. The van der Waals surface area contributed by atoms with Gasteiger partial charge in [-0.15, -0.1) is 0 Å². The predicted octanol–water partition coefficient (Wildman–Crippen LogP) is 3.42. The number of hydrogen-bond donors (Lipinski definition) is 1. The summed E-state index contributed by atoms with van der Waals surface area (Å²) in [5.41, 5.74) is 6.91. The van der Waals surface area contributed by atoms with Crippen LogP contribution in [0.2, 0.25) is 0 Å². The number of hydrogen-bond acceptors (Lipinski definition) is 6. The van der Waals surface area contributed by atoms with E-state index in [4.69, 9.17) is 15.5 Å². The smallest absolute Gasteiger partial charge is 0.269 e. The van der Waals surface area contributed by atoms with Crippen LogP contribution in [0.25, 0.3) is 10.9 Å². The molecule has 0 saturated carbocycles. The molecule has 1 aliphatic rings. The molecule has 0 aliphatic carbocycles. The number of anilines is 1. The minimum Gasteiger partial charge on any atom is -0.487 e. The fraction of sp³-hybridized carbons (Fsp3) is 0.273. The van der Waals surface area contributed by atoms with E-state index >= 15 is 0 Å². The van der Waals surface area contributed by atoms with Crippen LogP contribution in [-0.2, 0) is 11.4 Å². The Kier molecular flexibility index (Phi) is 5.47. The Morgan fingerprint density at radius 1 is 1.17 bits per heavy atom. The van der Waals surface area contributed by atoms with Crippen molar-refractivity contribution < 1.29 is 14.5 Å². The lowest BCUT2D eigenvalue weighted by Crippen LogP contribution is -2.38. The molecule has 0 atom stereocenters. The number of rotatable bonds is 6. The number of carbonyl (C=O) groups is 1. The highest BCUT2D eigenvalue weighted by Gasteiger charge is 2.24. The van der Waals surface area contributed by atoms with Crippen molar-refractivity contribution in [3.8, 4) is 5.75 Å². The second kappa shape index (κ2) is 8.36. The van der Waals surface area contributed by atoms with E-state index in [1.165, 1.54) is 12.1 Å². The Balaban J connectivity index is 1.54. The van der Waals surface area contributed by atoms with E-state index in [1.54, 1.807) is 12.1 Å². The molecule has 1 amide bonds. The zero-order valence-electron chi connectivity index (χ0n) is 16.4. The van der Waals surface area contributed by atoms with Gasteiger partial charge in [-0.1, -0.05) is 24.3 Å². The molecule has 8 heteroatoms. The van der Waals surface area contributed by atoms with E-state index in [9.17, 15) is 14.9 Å². The van der Waals surface area contributed by atoms with Gasteiger partial charge in [-0.3, -0.25) is 14.9 Å². The average Bonchev–Trinajstić information content (AvgIpc) is 2.77. The summed E-state index contributed by atoms with van der Waals surface area (Å²) in [4.78, 5) is 28.9. The van der Waals surface area contributed by atoms with Crippen LogP contribution in [0.3, 0.4) is 0 Å². The summed E-state index contributed by atoms with van der Waals surface area (Å²) in [5, 5.41) is 11.9. The molecule has 0 spiro atoms. The minimum atomic E-state index is -0.420. The number of aromatic nitrogens is 1. The number of amides is 1. The number of nitrogens with two attached hydrogens (primary N) is 1. The molecule has 0 unspecified atom stereocenters. The molecule has 154 valence electrons. The summed E-state index contributed by atoms with van der Waals surface area (Å²) in [6.45, 7) is 1.66. The molecule has 1 aromatic heterocycles. The van der Waals surface area contributed by atoms with Crippen molar-refractivity contribution in [2.45, 2.75) is 19.4 Å². The number of piperidine rings is 1. The van der Waals surface area contributed by atoms with Gasteiger partial charge >= 0.3 is 0 Å². The highest BCUT2D eigenvalue weighted by atomic mass is 16.6. The number of nitro groups is 1. The normalized spacial score (nSPS) is 14.6. The van der Waals surface area contributed by atoms with Gasteiger partial charge in [0, 0.05) is 36.5 Å².